The van der Waals surface area contributed by atoms with Gasteiger partial charge in [0.25, 0.3) is 0 Å². The fourth-order valence-corrected chi connectivity index (χ4v) is 3.08. The van der Waals surface area contributed by atoms with Crippen LogP contribution in [0.4, 0.5) is 5.82 Å². The number of hydrogen-bond donors (Lipinski definition) is 1. The van der Waals surface area contributed by atoms with Crippen molar-refractivity contribution >= 4 is 27.6 Å². The van der Waals surface area contributed by atoms with Gasteiger partial charge in [0, 0.05) is 19.3 Å². The first-order chi connectivity index (χ1) is 7.59. The maximum Gasteiger partial charge on any atom is 0.302 e. The first-order valence-electron chi connectivity index (χ1n) is 4.98. The first-order valence-corrected chi connectivity index (χ1v) is 6.80. The van der Waals surface area contributed by atoms with Crippen molar-refractivity contribution < 1.29 is 8.42 Å². The molecule has 16 heavy (non-hydrogen) atoms. The molecule has 0 aliphatic carbocycles. The van der Waals surface area contributed by atoms with Gasteiger partial charge in [-0.05, 0) is 25.0 Å². The van der Waals surface area contributed by atoms with Crippen LogP contribution in [0, 0.1) is 0 Å². The van der Waals surface area contributed by atoms with E-state index in [0.29, 0.717) is 18.1 Å². The average molecular weight is 262 g/mol. The van der Waals surface area contributed by atoms with Crippen molar-refractivity contribution in [3.05, 3.63) is 23.4 Å². The summed E-state index contributed by atoms with van der Waals surface area (Å²) < 4.78 is 27.5. The monoisotopic (exact) mass is 261 g/mol. The third kappa shape index (κ3) is 2.45. The second kappa shape index (κ2) is 4.57. The molecule has 1 N–H and O–H groups in total. The van der Waals surface area contributed by atoms with E-state index < -0.39 is 10.2 Å². The van der Waals surface area contributed by atoms with E-state index in [1.807, 2.05) is 0 Å². The quantitative estimate of drug-likeness (QED) is 0.897. The van der Waals surface area contributed by atoms with Crippen molar-refractivity contribution in [3.63, 3.8) is 0 Å². The van der Waals surface area contributed by atoms with Gasteiger partial charge in [-0.15, -0.1) is 0 Å². The van der Waals surface area contributed by atoms with Crippen LogP contribution in [0.3, 0.4) is 0 Å². The van der Waals surface area contributed by atoms with E-state index in [9.17, 15) is 8.42 Å². The molecule has 1 aliphatic rings. The molecule has 5 nitrogen and oxygen atoms in total. The Bertz CT molecular complexity index is 471. The molecule has 7 heteroatoms. The van der Waals surface area contributed by atoms with Crippen LogP contribution >= 0.6 is 11.6 Å². The van der Waals surface area contributed by atoms with Crippen LogP contribution in [-0.2, 0) is 10.2 Å². The van der Waals surface area contributed by atoms with Crippen LogP contribution in [0.5, 0.6) is 0 Å². The maximum atomic E-state index is 11.9. The van der Waals surface area contributed by atoms with Crippen LogP contribution in [-0.4, -0.2) is 30.8 Å². The van der Waals surface area contributed by atoms with E-state index in [0.717, 1.165) is 12.8 Å². The van der Waals surface area contributed by atoms with Gasteiger partial charge in [0.2, 0.25) is 0 Å². The maximum absolute atomic E-state index is 11.9. The number of nitrogens with one attached hydrogen (secondary N) is 1. The number of hydrogen-bond acceptors (Lipinski definition) is 3. The van der Waals surface area contributed by atoms with Gasteiger partial charge < -0.3 is 0 Å². The summed E-state index contributed by atoms with van der Waals surface area (Å²) in [4.78, 5) is 3.89. The minimum Gasteiger partial charge on any atom is -0.253 e. The summed E-state index contributed by atoms with van der Waals surface area (Å²) in [5.74, 6) is 0.177. The highest BCUT2D eigenvalue weighted by molar-refractivity contribution is 7.90. The molecule has 0 spiro atoms. The Balaban J connectivity index is 2.18. The molecule has 0 bridgehead atoms. The Morgan fingerprint density at radius 2 is 2.06 bits per heavy atom. The number of pyridine rings is 1. The van der Waals surface area contributed by atoms with Crippen LogP contribution in [0.15, 0.2) is 18.3 Å². The van der Waals surface area contributed by atoms with Crippen molar-refractivity contribution in [1.29, 1.82) is 0 Å². The number of aromatic nitrogens is 1. The van der Waals surface area contributed by atoms with Gasteiger partial charge >= 0.3 is 10.2 Å². The van der Waals surface area contributed by atoms with Crippen molar-refractivity contribution in [2.24, 2.45) is 0 Å². The lowest BCUT2D eigenvalue weighted by Crippen LogP contribution is -2.33. The number of anilines is 1. The molecule has 0 atom stereocenters. The lowest BCUT2D eigenvalue weighted by atomic mass is 10.4. The van der Waals surface area contributed by atoms with Crippen LogP contribution in [0.25, 0.3) is 0 Å². The largest absolute Gasteiger partial charge is 0.302 e. The average Bonchev–Trinajstić information content (AvgIpc) is 2.75. The van der Waals surface area contributed by atoms with Gasteiger partial charge in [-0.2, -0.15) is 12.7 Å². The first kappa shape index (κ1) is 11.6. The van der Waals surface area contributed by atoms with Crippen LogP contribution in [0.1, 0.15) is 12.8 Å². The minimum atomic E-state index is -3.50. The summed E-state index contributed by atoms with van der Waals surface area (Å²) in [5, 5.41) is 0.297. The van der Waals surface area contributed by atoms with Crippen molar-refractivity contribution in [2.45, 2.75) is 12.8 Å². The predicted molar refractivity (Wildman–Crippen MR) is 62.6 cm³/mol. The molecular formula is C9H12ClN3O2S. The smallest absolute Gasteiger partial charge is 0.253 e. The third-order valence-electron chi connectivity index (χ3n) is 2.39. The highest BCUT2D eigenvalue weighted by Gasteiger charge is 2.25. The Kier molecular flexibility index (Phi) is 3.32. The molecule has 0 unspecified atom stereocenters. The fourth-order valence-electron chi connectivity index (χ4n) is 1.58. The standard InChI is InChI=1S/C9H12ClN3O2S/c10-8-4-3-5-11-9(8)12-16(14,15)13-6-1-2-7-13/h3-5H,1-2,6-7H2,(H,11,12). The van der Waals surface area contributed by atoms with Crippen LogP contribution < -0.4 is 4.72 Å². The SMILES string of the molecule is O=S(=O)(Nc1ncccc1Cl)N1CCCC1. The van der Waals surface area contributed by atoms with Gasteiger partial charge in [0.1, 0.15) is 0 Å². The molecule has 2 rings (SSSR count). The molecule has 1 aliphatic heterocycles. The summed E-state index contributed by atoms with van der Waals surface area (Å²) in [5.41, 5.74) is 0. The zero-order valence-corrected chi connectivity index (χ0v) is 10.1. The van der Waals surface area contributed by atoms with Crippen molar-refractivity contribution in [1.82, 2.24) is 9.29 Å². The summed E-state index contributed by atoms with van der Waals surface area (Å²) in [6, 6.07) is 3.24. The molecule has 0 saturated carbocycles. The fraction of sp³-hybridized carbons (Fsp3) is 0.444. The molecule has 0 aromatic carbocycles. The molecule has 0 radical (unpaired) electrons. The third-order valence-corrected chi connectivity index (χ3v) is 4.19. The van der Waals surface area contributed by atoms with Gasteiger partial charge in [0.15, 0.2) is 5.82 Å². The Hall–Kier alpha value is -0.850. The summed E-state index contributed by atoms with van der Waals surface area (Å²) in [7, 11) is -3.50. The Morgan fingerprint density at radius 3 is 2.69 bits per heavy atom. The van der Waals surface area contributed by atoms with E-state index in [1.54, 1.807) is 12.1 Å². The van der Waals surface area contributed by atoms with Gasteiger partial charge in [-0.3, -0.25) is 4.72 Å². The summed E-state index contributed by atoms with van der Waals surface area (Å²) in [6.07, 6.45) is 3.29. The van der Waals surface area contributed by atoms with E-state index >= 15 is 0 Å². The number of halogens is 1. The molecule has 1 aromatic heterocycles. The Morgan fingerprint density at radius 1 is 1.38 bits per heavy atom. The van der Waals surface area contributed by atoms with Gasteiger partial charge in [0.05, 0.1) is 5.02 Å². The van der Waals surface area contributed by atoms with E-state index in [1.165, 1.54) is 10.5 Å². The topological polar surface area (TPSA) is 62.3 Å². The van der Waals surface area contributed by atoms with Gasteiger partial charge in [-0.1, -0.05) is 11.6 Å². The zero-order chi connectivity index (χ0) is 11.6. The van der Waals surface area contributed by atoms with Crippen LogP contribution in [0.2, 0.25) is 5.02 Å². The molecule has 88 valence electrons. The lowest BCUT2D eigenvalue weighted by molar-refractivity contribution is 0.482. The van der Waals surface area contributed by atoms with Crippen molar-refractivity contribution in [3.8, 4) is 0 Å². The Labute approximate surface area is 99.6 Å². The van der Waals surface area contributed by atoms with E-state index in [2.05, 4.69) is 9.71 Å². The van der Waals surface area contributed by atoms with E-state index in [4.69, 9.17) is 11.6 Å². The molecule has 0 amide bonds. The molecule has 1 aromatic rings. The van der Waals surface area contributed by atoms with Gasteiger partial charge in [-0.25, -0.2) is 4.98 Å². The number of rotatable bonds is 3. The predicted octanol–water partition coefficient (Wildman–Crippen LogP) is 1.49. The molecule has 2 heterocycles. The van der Waals surface area contributed by atoms with E-state index in [-0.39, 0.29) is 5.82 Å². The highest BCUT2D eigenvalue weighted by atomic mass is 35.5. The second-order valence-corrected chi connectivity index (χ2v) is 5.62. The summed E-state index contributed by atoms with van der Waals surface area (Å²) >= 11 is 5.83. The molecule has 1 saturated heterocycles. The minimum absolute atomic E-state index is 0.177. The zero-order valence-electron chi connectivity index (χ0n) is 8.56. The molecule has 1 fully saturated rings. The second-order valence-electron chi connectivity index (χ2n) is 3.55. The van der Waals surface area contributed by atoms with Crippen molar-refractivity contribution in [2.75, 3.05) is 17.8 Å². The normalized spacial score (nSPS) is 17.6. The summed E-state index contributed by atoms with van der Waals surface area (Å²) in [6.45, 7) is 1.11. The number of nitrogens with zero attached hydrogens (tertiary/aromatic N) is 2. The highest BCUT2D eigenvalue weighted by Crippen LogP contribution is 2.21. The lowest BCUT2D eigenvalue weighted by Gasteiger charge is -2.16. The molecular weight excluding hydrogens is 250 g/mol.